The SMILES string of the molecule is CCc1ccc(C(Cl)c2cc(F)c(C)cc2F)s1. The van der Waals surface area contributed by atoms with E-state index in [1.165, 1.54) is 35.3 Å². The molecule has 1 heterocycles. The van der Waals surface area contributed by atoms with Crippen molar-refractivity contribution in [2.24, 2.45) is 0 Å². The second-order valence-corrected chi connectivity index (χ2v) is 5.78. The van der Waals surface area contributed by atoms with Crippen LogP contribution in [-0.4, -0.2) is 0 Å². The monoisotopic (exact) mass is 286 g/mol. The fourth-order valence-corrected chi connectivity index (χ4v) is 3.05. The first-order valence-electron chi connectivity index (χ1n) is 5.71. The first kappa shape index (κ1) is 13.5. The van der Waals surface area contributed by atoms with Gasteiger partial charge in [0.25, 0.3) is 0 Å². The second-order valence-electron chi connectivity index (χ2n) is 4.14. The normalized spacial score (nSPS) is 12.7. The molecular weight excluding hydrogens is 274 g/mol. The minimum Gasteiger partial charge on any atom is -0.207 e. The number of aryl methyl sites for hydroxylation is 2. The van der Waals surface area contributed by atoms with Gasteiger partial charge in [0.2, 0.25) is 0 Å². The number of halogens is 3. The molecule has 0 radical (unpaired) electrons. The van der Waals surface area contributed by atoms with Gasteiger partial charge in [0.05, 0.1) is 5.38 Å². The number of alkyl halides is 1. The van der Waals surface area contributed by atoms with Crippen LogP contribution in [0.2, 0.25) is 0 Å². The Morgan fingerprint density at radius 3 is 2.56 bits per heavy atom. The third-order valence-corrected chi connectivity index (χ3v) is 4.73. The summed E-state index contributed by atoms with van der Waals surface area (Å²) in [7, 11) is 0. The summed E-state index contributed by atoms with van der Waals surface area (Å²) in [6, 6.07) is 6.22. The van der Waals surface area contributed by atoms with Crippen LogP contribution in [-0.2, 0) is 6.42 Å². The van der Waals surface area contributed by atoms with Gasteiger partial charge in [-0.2, -0.15) is 0 Å². The van der Waals surface area contributed by atoms with Gasteiger partial charge in [-0.25, -0.2) is 8.78 Å². The lowest BCUT2D eigenvalue weighted by molar-refractivity contribution is 0.581. The van der Waals surface area contributed by atoms with Crippen molar-refractivity contribution in [3.05, 3.63) is 56.8 Å². The maximum atomic E-state index is 13.8. The van der Waals surface area contributed by atoms with Crippen molar-refractivity contribution in [3.8, 4) is 0 Å². The second kappa shape index (κ2) is 5.37. The lowest BCUT2D eigenvalue weighted by atomic mass is 10.1. The predicted molar refractivity (Wildman–Crippen MR) is 72.5 cm³/mol. The first-order chi connectivity index (χ1) is 8.52. The molecule has 1 atom stereocenters. The molecule has 1 aromatic heterocycles. The van der Waals surface area contributed by atoms with E-state index in [0.29, 0.717) is 5.56 Å². The average molecular weight is 287 g/mol. The van der Waals surface area contributed by atoms with Gasteiger partial charge in [-0.1, -0.05) is 6.92 Å². The van der Waals surface area contributed by atoms with Crippen LogP contribution in [0.1, 0.15) is 33.2 Å². The summed E-state index contributed by atoms with van der Waals surface area (Å²) in [5.41, 5.74) is 0.491. The zero-order valence-corrected chi connectivity index (χ0v) is 11.7. The van der Waals surface area contributed by atoms with Gasteiger partial charge in [0.1, 0.15) is 11.6 Å². The Morgan fingerprint density at radius 2 is 1.94 bits per heavy atom. The highest BCUT2D eigenvalue weighted by Crippen LogP contribution is 2.35. The zero-order chi connectivity index (χ0) is 13.3. The Kier molecular flexibility index (Phi) is 4.03. The molecule has 0 saturated carbocycles. The van der Waals surface area contributed by atoms with E-state index in [4.69, 9.17) is 11.6 Å². The predicted octanol–water partition coefficient (Wildman–Crippen LogP) is 5.23. The lowest BCUT2D eigenvalue weighted by Gasteiger charge is -2.10. The molecule has 2 rings (SSSR count). The number of hydrogen-bond donors (Lipinski definition) is 0. The molecule has 0 nitrogen and oxygen atoms in total. The molecule has 1 unspecified atom stereocenters. The minimum absolute atomic E-state index is 0.198. The molecule has 18 heavy (non-hydrogen) atoms. The van der Waals surface area contributed by atoms with Crippen LogP contribution in [0.25, 0.3) is 0 Å². The van der Waals surface area contributed by atoms with E-state index in [2.05, 4.69) is 0 Å². The van der Waals surface area contributed by atoms with Crippen LogP contribution in [0.15, 0.2) is 24.3 Å². The molecule has 0 aliphatic heterocycles. The molecule has 0 aliphatic rings. The van der Waals surface area contributed by atoms with Gasteiger partial charge >= 0.3 is 0 Å². The van der Waals surface area contributed by atoms with Crippen molar-refractivity contribution in [2.75, 3.05) is 0 Å². The number of benzene rings is 1. The molecular formula is C14H13ClF2S. The molecule has 0 N–H and O–H groups in total. The Bertz CT molecular complexity index is 563. The summed E-state index contributed by atoms with van der Waals surface area (Å²) < 4.78 is 27.3. The number of hydrogen-bond acceptors (Lipinski definition) is 1. The van der Waals surface area contributed by atoms with Crippen LogP contribution in [0.3, 0.4) is 0 Å². The molecule has 0 saturated heterocycles. The molecule has 0 spiro atoms. The first-order valence-corrected chi connectivity index (χ1v) is 6.96. The Balaban J connectivity index is 2.39. The summed E-state index contributed by atoms with van der Waals surface area (Å²) >= 11 is 7.77. The summed E-state index contributed by atoms with van der Waals surface area (Å²) in [5.74, 6) is -0.885. The number of thiophene rings is 1. The van der Waals surface area contributed by atoms with E-state index in [9.17, 15) is 8.78 Å². The third kappa shape index (κ3) is 2.57. The van der Waals surface area contributed by atoms with E-state index in [0.717, 1.165) is 11.3 Å². The molecule has 0 amide bonds. The molecule has 0 bridgehead atoms. The Labute approximate surface area is 114 Å². The summed E-state index contributed by atoms with van der Waals surface area (Å²) in [6.45, 7) is 3.58. The molecule has 0 fully saturated rings. The maximum Gasteiger partial charge on any atom is 0.128 e. The van der Waals surface area contributed by atoms with Crippen LogP contribution >= 0.6 is 22.9 Å². The van der Waals surface area contributed by atoms with E-state index in [1.807, 2.05) is 19.1 Å². The van der Waals surface area contributed by atoms with E-state index >= 15 is 0 Å². The summed E-state index contributed by atoms with van der Waals surface area (Å²) in [6.07, 6.45) is 0.916. The third-order valence-electron chi connectivity index (χ3n) is 2.83. The van der Waals surface area contributed by atoms with Crippen molar-refractivity contribution in [2.45, 2.75) is 25.6 Å². The van der Waals surface area contributed by atoms with Crippen LogP contribution in [0.5, 0.6) is 0 Å². The minimum atomic E-state index is -0.634. The van der Waals surface area contributed by atoms with Gasteiger partial charge in [0.15, 0.2) is 0 Å². The van der Waals surface area contributed by atoms with E-state index in [1.54, 1.807) is 0 Å². The maximum absolute atomic E-state index is 13.8. The lowest BCUT2D eigenvalue weighted by Crippen LogP contribution is -1.98. The Morgan fingerprint density at radius 1 is 1.22 bits per heavy atom. The van der Waals surface area contributed by atoms with Gasteiger partial charge in [-0.3, -0.25) is 0 Å². The molecule has 4 heteroatoms. The van der Waals surface area contributed by atoms with Crippen molar-refractivity contribution in [3.63, 3.8) is 0 Å². The van der Waals surface area contributed by atoms with E-state index < -0.39 is 17.0 Å². The quantitative estimate of drug-likeness (QED) is 0.678. The highest BCUT2D eigenvalue weighted by molar-refractivity contribution is 7.12. The average Bonchev–Trinajstić information content (AvgIpc) is 2.81. The van der Waals surface area contributed by atoms with Crippen LogP contribution in [0, 0.1) is 18.6 Å². The van der Waals surface area contributed by atoms with Crippen molar-refractivity contribution in [1.29, 1.82) is 0 Å². The summed E-state index contributed by atoms with van der Waals surface area (Å²) in [4.78, 5) is 2.03. The highest BCUT2D eigenvalue weighted by Gasteiger charge is 2.19. The largest absolute Gasteiger partial charge is 0.207 e. The topological polar surface area (TPSA) is 0 Å². The fraction of sp³-hybridized carbons (Fsp3) is 0.286. The highest BCUT2D eigenvalue weighted by atomic mass is 35.5. The van der Waals surface area contributed by atoms with Gasteiger partial charge < -0.3 is 0 Å². The molecule has 0 aliphatic carbocycles. The Hall–Kier alpha value is -0.930. The smallest absolute Gasteiger partial charge is 0.128 e. The molecule has 96 valence electrons. The van der Waals surface area contributed by atoms with Gasteiger partial charge in [0, 0.05) is 15.3 Å². The van der Waals surface area contributed by atoms with E-state index in [-0.39, 0.29) is 5.56 Å². The van der Waals surface area contributed by atoms with Crippen LogP contribution in [0.4, 0.5) is 8.78 Å². The summed E-state index contributed by atoms with van der Waals surface area (Å²) in [5, 5.41) is -0.634. The van der Waals surface area contributed by atoms with Crippen molar-refractivity contribution < 1.29 is 8.78 Å². The zero-order valence-electron chi connectivity index (χ0n) is 10.1. The van der Waals surface area contributed by atoms with Gasteiger partial charge in [-0.15, -0.1) is 22.9 Å². The van der Waals surface area contributed by atoms with Crippen molar-refractivity contribution in [1.82, 2.24) is 0 Å². The fourth-order valence-electron chi connectivity index (χ4n) is 1.73. The van der Waals surface area contributed by atoms with Crippen molar-refractivity contribution >= 4 is 22.9 Å². The van der Waals surface area contributed by atoms with Gasteiger partial charge in [-0.05, 0) is 43.2 Å². The number of rotatable bonds is 3. The van der Waals surface area contributed by atoms with Crippen LogP contribution < -0.4 is 0 Å². The standard InChI is InChI=1S/C14H13ClF2S/c1-3-9-4-5-13(18-9)14(15)10-7-11(16)8(2)6-12(10)17/h4-7,14H,3H2,1-2H3. The molecule has 2 aromatic rings. The molecule has 1 aromatic carbocycles.